The normalized spacial score (nSPS) is 11.6. The lowest BCUT2D eigenvalue weighted by Crippen LogP contribution is -2.27. The van der Waals surface area contributed by atoms with Gasteiger partial charge in [-0.05, 0) is 17.0 Å². The van der Waals surface area contributed by atoms with Gasteiger partial charge >= 0.3 is 5.97 Å². The highest BCUT2D eigenvalue weighted by molar-refractivity contribution is 6.01. The third-order valence-corrected chi connectivity index (χ3v) is 5.01. The van der Waals surface area contributed by atoms with Crippen LogP contribution in [0.15, 0.2) is 57.8 Å². The van der Waals surface area contributed by atoms with E-state index in [1.54, 1.807) is 24.3 Å². The summed E-state index contributed by atoms with van der Waals surface area (Å²) < 4.78 is 11.3. The highest BCUT2D eigenvalue weighted by atomic mass is 16.5. The third kappa shape index (κ3) is 3.96. The van der Waals surface area contributed by atoms with Crippen molar-refractivity contribution in [3.63, 3.8) is 0 Å². The van der Waals surface area contributed by atoms with Gasteiger partial charge in [-0.1, -0.05) is 68.4 Å². The van der Waals surface area contributed by atoms with E-state index in [2.05, 4.69) is 36.0 Å². The van der Waals surface area contributed by atoms with Crippen molar-refractivity contribution in [1.82, 2.24) is 19.9 Å². The lowest BCUT2D eigenvalue weighted by atomic mass is 9.87. The number of aromatic nitrogens is 4. The number of hydrogen-bond acceptors (Lipinski definition) is 7. The summed E-state index contributed by atoms with van der Waals surface area (Å²) in [5.41, 5.74) is 1.73. The van der Waals surface area contributed by atoms with E-state index in [0.717, 1.165) is 10.2 Å². The molecule has 0 spiro atoms. The van der Waals surface area contributed by atoms with E-state index in [4.69, 9.17) is 9.26 Å². The van der Waals surface area contributed by atoms with Crippen molar-refractivity contribution in [2.24, 2.45) is 0 Å². The maximum absolute atomic E-state index is 12.9. The minimum atomic E-state index is -0.630. The number of nitrogens with zero attached hydrogens (tertiary/aromatic N) is 4. The monoisotopic (exact) mass is 418 g/mol. The highest BCUT2D eigenvalue weighted by Gasteiger charge is 2.19. The van der Waals surface area contributed by atoms with Crippen molar-refractivity contribution in [3.8, 4) is 11.4 Å². The lowest BCUT2D eigenvalue weighted by molar-refractivity contribution is 0.0593. The molecule has 2 aromatic carbocycles. The molecule has 2 heterocycles. The van der Waals surface area contributed by atoms with Gasteiger partial charge in [0, 0.05) is 10.9 Å². The fraction of sp³-hybridized carbons (Fsp3) is 0.261. The van der Waals surface area contributed by atoms with E-state index < -0.39 is 5.97 Å². The Labute approximate surface area is 178 Å². The number of benzene rings is 2. The number of esters is 1. The standard InChI is InChI=1S/C23H22N4O4/c1-23(2,3)15-11-9-14(10-12-15)20-24-18(31-26-20)13-27-21(28)17-8-6-5-7-16(17)19(25-27)22(29)30-4/h5-12H,13H2,1-4H3. The Bertz CT molecular complexity index is 1310. The van der Waals surface area contributed by atoms with Crippen LogP contribution in [0.1, 0.15) is 42.7 Å². The van der Waals surface area contributed by atoms with Crippen LogP contribution in [0.25, 0.3) is 22.2 Å². The SMILES string of the molecule is COC(=O)c1nn(Cc2nc(-c3ccc(C(C)(C)C)cc3)no2)c(=O)c2ccccc12. The first-order valence-corrected chi connectivity index (χ1v) is 9.79. The molecule has 0 aliphatic carbocycles. The third-order valence-electron chi connectivity index (χ3n) is 5.01. The van der Waals surface area contributed by atoms with Crippen LogP contribution in [0.3, 0.4) is 0 Å². The molecule has 0 bridgehead atoms. The molecule has 0 unspecified atom stereocenters. The molecule has 4 rings (SSSR count). The Hall–Kier alpha value is -3.81. The van der Waals surface area contributed by atoms with Crippen molar-refractivity contribution in [3.05, 3.63) is 76.0 Å². The predicted octanol–water partition coefficient (Wildman–Crippen LogP) is 3.58. The van der Waals surface area contributed by atoms with Crippen LogP contribution in [-0.2, 0) is 16.7 Å². The number of carbonyl (C=O) groups excluding carboxylic acids is 1. The number of fused-ring (bicyclic) bond motifs is 1. The molecule has 8 nitrogen and oxygen atoms in total. The summed E-state index contributed by atoms with van der Waals surface area (Å²) in [7, 11) is 1.27. The molecule has 0 aliphatic heterocycles. The molecule has 0 saturated carbocycles. The molecule has 8 heteroatoms. The van der Waals surface area contributed by atoms with Gasteiger partial charge in [-0.2, -0.15) is 10.1 Å². The first kappa shape index (κ1) is 20.5. The van der Waals surface area contributed by atoms with Gasteiger partial charge in [0.1, 0.15) is 6.54 Å². The van der Waals surface area contributed by atoms with Gasteiger partial charge in [-0.25, -0.2) is 9.48 Å². The predicted molar refractivity (Wildman–Crippen MR) is 115 cm³/mol. The summed E-state index contributed by atoms with van der Waals surface area (Å²) >= 11 is 0. The van der Waals surface area contributed by atoms with Crippen LogP contribution in [0.4, 0.5) is 0 Å². The molecular formula is C23H22N4O4. The summed E-state index contributed by atoms with van der Waals surface area (Å²) in [5.74, 6) is -0.0109. The van der Waals surface area contributed by atoms with E-state index in [0.29, 0.717) is 16.6 Å². The number of methoxy groups -OCH3 is 1. The van der Waals surface area contributed by atoms with Gasteiger partial charge in [0.15, 0.2) is 5.69 Å². The van der Waals surface area contributed by atoms with Crippen molar-refractivity contribution in [1.29, 1.82) is 0 Å². The molecule has 0 amide bonds. The van der Waals surface area contributed by atoms with Crippen LogP contribution >= 0.6 is 0 Å². The summed E-state index contributed by atoms with van der Waals surface area (Å²) in [4.78, 5) is 29.4. The van der Waals surface area contributed by atoms with Crippen LogP contribution < -0.4 is 5.56 Å². The van der Waals surface area contributed by atoms with E-state index in [9.17, 15) is 9.59 Å². The van der Waals surface area contributed by atoms with Crippen LogP contribution in [0.2, 0.25) is 0 Å². The average Bonchev–Trinajstić information content (AvgIpc) is 3.23. The van der Waals surface area contributed by atoms with E-state index in [1.165, 1.54) is 12.7 Å². The zero-order valence-corrected chi connectivity index (χ0v) is 17.7. The molecule has 0 saturated heterocycles. The van der Waals surface area contributed by atoms with Gasteiger partial charge in [-0.3, -0.25) is 4.79 Å². The van der Waals surface area contributed by atoms with Crippen LogP contribution in [-0.4, -0.2) is 33.0 Å². The smallest absolute Gasteiger partial charge is 0.359 e. The molecule has 4 aromatic rings. The highest BCUT2D eigenvalue weighted by Crippen LogP contribution is 2.25. The average molecular weight is 418 g/mol. The second-order valence-corrected chi connectivity index (χ2v) is 8.19. The topological polar surface area (TPSA) is 100 Å². The van der Waals surface area contributed by atoms with Crippen LogP contribution in [0.5, 0.6) is 0 Å². The van der Waals surface area contributed by atoms with E-state index in [1.807, 2.05) is 24.3 Å². The molecule has 0 N–H and O–H groups in total. The Kier molecular flexibility index (Phi) is 5.14. The largest absolute Gasteiger partial charge is 0.464 e. The fourth-order valence-corrected chi connectivity index (χ4v) is 3.27. The summed E-state index contributed by atoms with van der Waals surface area (Å²) in [5, 5.41) is 9.00. The molecule has 2 aromatic heterocycles. The minimum absolute atomic E-state index is 0.0429. The van der Waals surface area contributed by atoms with Crippen molar-refractivity contribution < 1.29 is 14.1 Å². The zero-order chi connectivity index (χ0) is 22.2. The molecular weight excluding hydrogens is 396 g/mol. The van der Waals surface area contributed by atoms with Gasteiger partial charge in [0.05, 0.1) is 12.5 Å². The molecule has 31 heavy (non-hydrogen) atoms. The number of rotatable bonds is 4. The van der Waals surface area contributed by atoms with E-state index in [-0.39, 0.29) is 29.1 Å². The number of carbonyl (C=O) groups is 1. The molecule has 0 radical (unpaired) electrons. The Morgan fingerprint density at radius 2 is 1.74 bits per heavy atom. The molecule has 0 aliphatic rings. The van der Waals surface area contributed by atoms with Crippen molar-refractivity contribution >= 4 is 16.7 Å². The first-order valence-electron chi connectivity index (χ1n) is 9.79. The van der Waals surface area contributed by atoms with Gasteiger partial charge in [0.2, 0.25) is 11.7 Å². The molecule has 158 valence electrons. The molecule has 0 fully saturated rings. The number of ether oxygens (including phenoxy) is 1. The van der Waals surface area contributed by atoms with Crippen molar-refractivity contribution in [2.75, 3.05) is 7.11 Å². The second kappa shape index (κ2) is 7.79. The van der Waals surface area contributed by atoms with E-state index >= 15 is 0 Å². The maximum Gasteiger partial charge on any atom is 0.359 e. The Morgan fingerprint density at radius 1 is 1.06 bits per heavy atom. The summed E-state index contributed by atoms with van der Waals surface area (Å²) in [6.07, 6.45) is 0. The summed E-state index contributed by atoms with van der Waals surface area (Å²) in [6.45, 7) is 6.36. The fourth-order valence-electron chi connectivity index (χ4n) is 3.27. The first-order chi connectivity index (χ1) is 14.8. The maximum atomic E-state index is 12.9. The number of hydrogen-bond donors (Lipinski definition) is 0. The Balaban J connectivity index is 1.68. The summed E-state index contributed by atoms with van der Waals surface area (Å²) in [6, 6.07) is 14.7. The van der Waals surface area contributed by atoms with Gasteiger partial charge in [0.25, 0.3) is 5.56 Å². The second-order valence-electron chi connectivity index (χ2n) is 8.19. The molecule has 0 atom stereocenters. The van der Waals surface area contributed by atoms with Gasteiger partial charge in [-0.15, -0.1) is 0 Å². The quantitative estimate of drug-likeness (QED) is 0.467. The zero-order valence-electron chi connectivity index (χ0n) is 17.7. The Morgan fingerprint density at radius 3 is 2.39 bits per heavy atom. The van der Waals surface area contributed by atoms with Crippen molar-refractivity contribution in [2.45, 2.75) is 32.7 Å². The lowest BCUT2D eigenvalue weighted by Gasteiger charge is -2.18. The van der Waals surface area contributed by atoms with Crippen LogP contribution in [0, 0.1) is 0 Å². The minimum Gasteiger partial charge on any atom is -0.464 e. The van der Waals surface area contributed by atoms with Gasteiger partial charge < -0.3 is 9.26 Å².